The molecule has 1 heterocycles. The van der Waals surface area contributed by atoms with Gasteiger partial charge in [0, 0.05) is 24.1 Å². The van der Waals surface area contributed by atoms with Gasteiger partial charge in [-0.05, 0) is 53.9 Å². The molecular weight excluding hydrogens is 453 g/mol. The van der Waals surface area contributed by atoms with Crippen molar-refractivity contribution in [2.24, 2.45) is 11.8 Å². The van der Waals surface area contributed by atoms with E-state index >= 15 is 0 Å². The monoisotopic (exact) mass is 489 g/mol. The van der Waals surface area contributed by atoms with Crippen LogP contribution in [-0.4, -0.2) is 22.9 Å². The Bertz CT molecular complexity index is 1120. The lowest BCUT2D eigenvalue weighted by Gasteiger charge is -2.44. The third-order valence-corrected chi connectivity index (χ3v) is 7.95. The van der Waals surface area contributed by atoms with Gasteiger partial charge < -0.3 is 4.74 Å². The molecule has 0 radical (unpaired) electrons. The molecule has 1 fully saturated rings. The van der Waals surface area contributed by atoms with Crippen molar-refractivity contribution in [1.29, 1.82) is 0 Å². The highest BCUT2D eigenvalue weighted by Crippen LogP contribution is 2.44. The molecule has 4 rings (SSSR count). The van der Waals surface area contributed by atoms with Gasteiger partial charge in [0.15, 0.2) is 5.78 Å². The topological polar surface area (TPSA) is 46.6 Å². The highest BCUT2D eigenvalue weighted by Gasteiger charge is 2.43. The number of halogens is 1. The third-order valence-electron chi connectivity index (χ3n) is 7.95. The summed E-state index contributed by atoms with van der Waals surface area (Å²) in [5, 5.41) is 0. The number of ketones is 1. The first-order valence-electron chi connectivity index (χ1n) is 12.9. The maximum absolute atomic E-state index is 13.7. The van der Waals surface area contributed by atoms with E-state index in [-0.39, 0.29) is 35.5 Å². The molecule has 1 aliphatic carbocycles. The van der Waals surface area contributed by atoms with Gasteiger partial charge in [0.1, 0.15) is 11.9 Å². The van der Waals surface area contributed by atoms with E-state index in [2.05, 4.69) is 39.5 Å². The van der Waals surface area contributed by atoms with Crippen LogP contribution in [0, 0.1) is 17.7 Å². The van der Waals surface area contributed by atoms with Crippen molar-refractivity contribution in [2.45, 2.75) is 70.4 Å². The van der Waals surface area contributed by atoms with Gasteiger partial charge >= 0.3 is 6.09 Å². The zero-order valence-electron chi connectivity index (χ0n) is 21.5. The summed E-state index contributed by atoms with van der Waals surface area (Å²) in [7, 11) is 0. The second kappa shape index (κ2) is 10.8. The molecule has 0 N–H and O–H groups in total. The van der Waals surface area contributed by atoms with Crippen LogP contribution in [0.4, 0.5) is 9.18 Å². The Labute approximate surface area is 213 Å². The maximum Gasteiger partial charge on any atom is 0.414 e. The molecule has 4 unspecified atom stereocenters. The largest absolute Gasteiger partial charge is 0.446 e. The van der Waals surface area contributed by atoms with Gasteiger partial charge in [-0.15, -0.1) is 6.58 Å². The van der Waals surface area contributed by atoms with E-state index in [1.807, 2.05) is 18.2 Å². The fourth-order valence-electron chi connectivity index (χ4n) is 5.76. The van der Waals surface area contributed by atoms with Gasteiger partial charge in [-0.3, -0.25) is 9.69 Å². The smallest absolute Gasteiger partial charge is 0.414 e. The third kappa shape index (κ3) is 5.45. The lowest BCUT2D eigenvalue weighted by molar-refractivity contribution is -0.117. The van der Waals surface area contributed by atoms with Gasteiger partial charge in [0.05, 0.1) is 6.04 Å². The lowest BCUT2D eigenvalue weighted by atomic mass is 9.64. The summed E-state index contributed by atoms with van der Waals surface area (Å²) >= 11 is 0. The van der Waals surface area contributed by atoms with E-state index in [9.17, 15) is 14.0 Å². The molecule has 2 aromatic rings. The highest BCUT2D eigenvalue weighted by molar-refractivity contribution is 5.97. The molecule has 36 heavy (non-hydrogen) atoms. The standard InChI is InChI=1S/C31H36FNO3/c1-5-9-23-20-33(27(19-28(23)34)22-13-15-25(32)16-14-22)30(35)36-29-18-21(2)12-17-26(29)31(3,4)24-10-7-6-8-11-24/h5-8,10-11,13-16,20-21,26-27,29H,1,9,12,17-19H2,2-4H3. The molecule has 5 heteroatoms. The van der Waals surface area contributed by atoms with E-state index in [1.165, 1.54) is 22.6 Å². The van der Waals surface area contributed by atoms with Crippen molar-refractivity contribution >= 4 is 11.9 Å². The maximum atomic E-state index is 13.7. The second-order valence-corrected chi connectivity index (χ2v) is 10.8. The first-order valence-corrected chi connectivity index (χ1v) is 12.9. The number of carbonyl (C=O) groups is 2. The number of ether oxygens (including phenoxy) is 1. The number of hydrogen-bond acceptors (Lipinski definition) is 3. The normalized spacial score (nSPS) is 24.7. The van der Waals surface area contributed by atoms with E-state index in [0.29, 0.717) is 23.5 Å². The molecule has 1 amide bonds. The zero-order chi connectivity index (χ0) is 25.9. The molecule has 1 aliphatic heterocycles. The van der Waals surface area contributed by atoms with Gasteiger partial charge in [-0.25, -0.2) is 9.18 Å². The van der Waals surface area contributed by atoms with Crippen LogP contribution < -0.4 is 0 Å². The molecule has 0 spiro atoms. The van der Waals surface area contributed by atoms with Crippen molar-refractivity contribution in [3.8, 4) is 0 Å². The molecule has 1 saturated carbocycles. The van der Waals surface area contributed by atoms with Gasteiger partial charge in [0.25, 0.3) is 0 Å². The quantitative estimate of drug-likeness (QED) is 0.394. The van der Waals surface area contributed by atoms with Crippen LogP contribution in [0.1, 0.15) is 70.0 Å². The average molecular weight is 490 g/mol. The van der Waals surface area contributed by atoms with E-state index < -0.39 is 12.1 Å². The Balaban J connectivity index is 1.64. The van der Waals surface area contributed by atoms with Crippen LogP contribution in [-0.2, 0) is 14.9 Å². The van der Waals surface area contributed by atoms with Gasteiger partial charge in [-0.1, -0.05) is 75.7 Å². The van der Waals surface area contributed by atoms with Gasteiger partial charge in [-0.2, -0.15) is 0 Å². The molecular formula is C31H36FNO3. The molecule has 2 aromatic carbocycles. The van der Waals surface area contributed by atoms with Crippen molar-refractivity contribution in [1.82, 2.24) is 4.90 Å². The number of nitrogens with zero attached hydrogens (tertiary/aromatic N) is 1. The minimum absolute atomic E-state index is 0.0392. The minimum atomic E-state index is -0.541. The van der Waals surface area contributed by atoms with Crippen molar-refractivity contribution in [2.75, 3.05) is 0 Å². The predicted octanol–water partition coefficient (Wildman–Crippen LogP) is 7.52. The van der Waals surface area contributed by atoms with Crippen LogP contribution in [0.5, 0.6) is 0 Å². The van der Waals surface area contributed by atoms with Crippen LogP contribution in [0.15, 0.2) is 79.0 Å². The van der Waals surface area contributed by atoms with Crippen LogP contribution in [0.3, 0.4) is 0 Å². The van der Waals surface area contributed by atoms with E-state index in [0.717, 1.165) is 19.3 Å². The Morgan fingerprint density at radius 1 is 1.14 bits per heavy atom. The summed E-state index contributed by atoms with van der Waals surface area (Å²) in [6.07, 6.45) is 5.91. The van der Waals surface area contributed by atoms with Crippen LogP contribution >= 0.6 is 0 Å². The van der Waals surface area contributed by atoms with Gasteiger partial charge in [0.2, 0.25) is 0 Å². The number of Topliss-reactive ketones (excluding diaryl/α,β-unsaturated/α-hetero) is 1. The Morgan fingerprint density at radius 3 is 2.50 bits per heavy atom. The Hall–Kier alpha value is -3.21. The number of allylic oxidation sites excluding steroid dienone is 2. The number of benzene rings is 2. The molecule has 2 aliphatic rings. The Morgan fingerprint density at radius 2 is 1.83 bits per heavy atom. The molecule has 4 atom stereocenters. The zero-order valence-corrected chi connectivity index (χ0v) is 21.5. The number of carbonyl (C=O) groups excluding carboxylic acids is 2. The summed E-state index contributed by atoms with van der Waals surface area (Å²) in [6, 6.07) is 15.8. The average Bonchev–Trinajstić information content (AvgIpc) is 2.86. The van der Waals surface area contributed by atoms with Crippen LogP contribution in [0.2, 0.25) is 0 Å². The molecule has 190 valence electrons. The van der Waals surface area contributed by atoms with Crippen LogP contribution in [0.25, 0.3) is 0 Å². The fourth-order valence-corrected chi connectivity index (χ4v) is 5.76. The number of amides is 1. The summed E-state index contributed by atoms with van der Waals surface area (Å²) < 4.78 is 19.9. The first-order chi connectivity index (χ1) is 17.2. The summed E-state index contributed by atoms with van der Waals surface area (Å²) in [6.45, 7) is 10.4. The number of hydrogen-bond donors (Lipinski definition) is 0. The number of rotatable bonds is 6. The molecule has 0 aromatic heterocycles. The molecule has 0 saturated heterocycles. The Kier molecular flexibility index (Phi) is 7.77. The van der Waals surface area contributed by atoms with Crippen molar-refractivity contribution < 1.29 is 18.7 Å². The summed E-state index contributed by atoms with van der Waals surface area (Å²) in [5.41, 5.74) is 2.28. The fraction of sp³-hybridized carbons (Fsp3) is 0.419. The SMILES string of the molecule is C=CCC1=CN(C(=O)OC2CC(C)CCC2C(C)(C)c2ccccc2)C(c2ccc(F)cc2)CC1=O. The highest BCUT2D eigenvalue weighted by atomic mass is 19.1. The predicted molar refractivity (Wildman–Crippen MR) is 140 cm³/mol. The van der Waals surface area contributed by atoms with E-state index in [1.54, 1.807) is 24.4 Å². The lowest BCUT2D eigenvalue weighted by Crippen LogP contribution is -2.46. The molecule has 0 bridgehead atoms. The molecule has 4 nitrogen and oxygen atoms in total. The first kappa shape index (κ1) is 25.9. The minimum Gasteiger partial charge on any atom is -0.446 e. The van der Waals surface area contributed by atoms with E-state index in [4.69, 9.17) is 4.74 Å². The summed E-state index contributed by atoms with van der Waals surface area (Å²) in [4.78, 5) is 28.1. The summed E-state index contributed by atoms with van der Waals surface area (Å²) in [5.74, 6) is 0.212. The van der Waals surface area contributed by atoms with Crippen molar-refractivity contribution in [3.63, 3.8) is 0 Å². The second-order valence-electron chi connectivity index (χ2n) is 10.8. The van der Waals surface area contributed by atoms with Crippen molar-refractivity contribution in [3.05, 3.63) is 96.0 Å².